The van der Waals surface area contributed by atoms with Crippen molar-refractivity contribution in [2.24, 2.45) is 5.73 Å². The number of hydrogen-bond acceptors (Lipinski definition) is 4. The van der Waals surface area contributed by atoms with Gasteiger partial charge >= 0.3 is 18.4 Å². The summed E-state index contributed by atoms with van der Waals surface area (Å²) < 4.78 is 31.7. The molecule has 6 nitrogen and oxygen atoms in total. The Labute approximate surface area is 122 Å². The van der Waals surface area contributed by atoms with E-state index in [1.807, 2.05) is 30.5 Å². The van der Waals surface area contributed by atoms with Crippen LogP contribution in [-0.4, -0.2) is 34.5 Å². The fraction of sp³-hybridized carbons (Fsp3) is 0.231. The number of halogens is 3. The fourth-order valence-electron chi connectivity index (χ4n) is 1.66. The maximum absolute atomic E-state index is 10.7. The van der Waals surface area contributed by atoms with Crippen molar-refractivity contribution in [1.29, 1.82) is 0 Å². The first-order valence-electron chi connectivity index (χ1n) is 6.00. The van der Waals surface area contributed by atoms with Gasteiger partial charge in [-0.15, -0.1) is 0 Å². The van der Waals surface area contributed by atoms with Gasteiger partial charge in [0.25, 0.3) is 0 Å². The summed E-state index contributed by atoms with van der Waals surface area (Å²) in [4.78, 5) is 25.0. The summed E-state index contributed by atoms with van der Waals surface area (Å²) in [6.07, 6.45) is -1.21. The molecule has 2 aromatic rings. The van der Waals surface area contributed by atoms with Crippen LogP contribution in [0.15, 0.2) is 30.5 Å². The summed E-state index contributed by atoms with van der Waals surface area (Å²) in [7, 11) is 0. The quantitative estimate of drug-likeness (QED) is 0.797. The number of aromatic nitrogens is 1. The van der Waals surface area contributed by atoms with Crippen LogP contribution in [0.5, 0.6) is 0 Å². The third-order valence-electron chi connectivity index (χ3n) is 2.69. The molecule has 1 aromatic carbocycles. The Kier molecular flexibility index (Phi) is 6.39. The van der Waals surface area contributed by atoms with E-state index in [4.69, 9.17) is 15.6 Å². The molecule has 22 heavy (non-hydrogen) atoms. The molecule has 0 aliphatic heterocycles. The van der Waals surface area contributed by atoms with E-state index in [-0.39, 0.29) is 0 Å². The Morgan fingerprint density at radius 3 is 2.45 bits per heavy atom. The van der Waals surface area contributed by atoms with Gasteiger partial charge in [-0.2, -0.15) is 8.78 Å². The van der Waals surface area contributed by atoms with Crippen LogP contribution in [0.3, 0.4) is 0 Å². The Balaban J connectivity index is 0.000000295. The lowest BCUT2D eigenvalue weighted by atomic mass is 10.1. The van der Waals surface area contributed by atoms with E-state index in [9.17, 15) is 18.1 Å². The smallest absolute Gasteiger partial charge is 0.414 e. The van der Waals surface area contributed by atoms with Gasteiger partial charge < -0.3 is 15.8 Å². The Bertz CT molecular complexity index is 645. The second-order valence-corrected chi connectivity index (χ2v) is 4.21. The van der Waals surface area contributed by atoms with E-state index in [0.717, 1.165) is 16.5 Å². The predicted molar refractivity (Wildman–Crippen MR) is 70.8 cm³/mol. The van der Waals surface area contributed by atoms with E-state index in [2.05, 4.69) is 9.93 Å². The Hall–Kier alpha value is -2.55. The summed E-state index contributed by atoms with van der Waals surface area (Å²) >= 11 is 0. The fourth-order valence-corrected chi connectivity index (χ4v) is 1.66. The maximum Gasteiger partial charge on any atom is 0.414 e. The lowest BCUT2D eigenvalue weighted by Crippen LogP contribution is -2.32. The van der Waals surface area contributed by atoms with Gasteiger partial charge in [-0.25, -0.2) is 9.74 Å². The molecule has 0 aliphatic rings. The number of nitrogens with two attached hydrogens (primary N) is 1. The van der Waals surface area contributed by atoms with Gasteiger partial charge in [0.15, 0.2) is 0 Å². The number of benzene rings is 1. The lowest BCUT2D eigenvalue weighted by molar-refractivity contribution is -0.196. The number of carboxylic acids is 1. The van der Waals surface area contributed by atoms with Crippen LogP contribution in [0.1, 0.15) is 5.56 Å². The number of carboxylic acid groups (broad SMARTS) is 1. The van der Waals surface area contributed by atoms with Gasteiger partial charge in [0.1, 0.15) is 6.04 Å². The second-order valence-electron chi connectivity index (χ2n) is 4.21. The Morgan fingerprint density at radius 1 is 1.32 bits per heavy atom. The van der Waals surface area contributed by atoms with Crippen molar-refractivity contribution in [3.8, 4) is 0 Å². The molecule has 0 saturated carbocycles. The zero-order valence-electron chi connectivity index (χ0n) is 11.1. The molecule has 4 N–H and O–H groups in total. The van der Waals surface area contributed by atoms with Crippen LogP contribution in [0.25, 0.3) is 10.9 Å². The third-order valence-corrected chi connectivity index (χ3v) is 2.69. The minimum Gasteiger partial charge on any atom is -0.480 e. The van der Waals surface area contributed by atoms with Crippen molar-refractivity contribution in [3.63, 3.8) is 0 Å². The average Bonchev–Trinajstić information content (AvgIpc) is 2.90. The van der Waals surface area contributed by atoms with Gasteiger partial charge in [-0.05, 0) is 11.6 Å². The van der Waals surface area contributed by atoms with Crippen molar-refractivity contribution >= 4 is 22.8 Å². The van der Waals surface area contributed by atoms with E-state index in [1.165, 1.54) is 0 Å². The Morgan fingerprint density at radius 2 is 1.95 bits per heavy atom. The number of hydrogen-bond donors (Lipinski definition) is 3. The molecule has 1 heterocycles. The topological polar surface area (TPSA) is 105 Å². The van der Waals surface area contributed by atoms with Crippen molar-refractivity contribution in [1.82, 2.24) is 4.98 Å². The number of aromatic amines is 1. The van der Waals surface area contributed by atoms with Crippen LogP contribution in [0.2, 0.25) is 0 Å². The normalized spacial score (nSPS) is 11.7. The van der Waals surface area contributed by atoms with Gasteiger partial charge in [-0.3, -0.25) is 4.79 Å². The molecule has 0 radical (unpaired) electrons. The summed E-state index contributed by atoms with van der Waals surface area (Å²) in [5, 5.41) is 9.75. The minimum absolute atomic E-state index is 0.347. The average molecular weight is 318 g/mol. The largest absolute Gasteiger partial charge is 0.480 e. The molecule has 1 atom stereocenters. The standard InChI is InChI=1S/C11H12N2O2.C2HF3O2/c12-9(11(14)15)5-7-6-13-10-4-2-1-3-8(7)10;3-1(4)2(6)7-5/h1-4,6,9,13H,5,12H2,(H,14,15);1H/t9-;/m0./s1. The maximum atomic E-state index is 10.7. The molecule has 120 valence electrons. The molecule has 0 aliphatic carbocycles. The zero-order valence-corrected chi connectivity index (χ0v) is 11.1. The van der Waals surface area contributed by atoms with Gasteiger partial charge in [0.05, 0.1) is 0 Å². The molecule has 0 spiro atoms. The molecule has 2 rings (SSSR count). The molecular weight excluding hydrogens is 305 g/mol. The van der Waals surface area contributed by atoms with Crippen LogP contribution >= 0.6 is 0 Å². The highest BCUT2D eigenvalue weighted by molar-refractivity contribution is 5.84. The van der Waals surface area contributed by atoms with E-state index in [0.29, 0.717) is 6.42 Å². The second kappa shape index (κ2) is 8.03. The number of H-pyrrole nitrogens is 1. The van der Waals surface area contributed by atoms with Crippen LogP contribution in [-0.2, 0) is 21.0 Å². The van der Waals surface area contributed by atoms with Gasteiger partial charge in [-0.1, -0.05) is 18.2 Å². The minimum atomic E-state index is -3.37. The highest BCUT2D eigenvalue weighted by atomic mass is 19.3. The first-order chi connectivity index (χ1) is 10.4. The zero-order chi connectivity index (χ0) is 16.7. The van der Waals surface area contributed by atoms with E-state index >= 15 is 0 Å². The number of nitrogens with one attached hydrogen (secondary N) is 1. The summed E-state index contributed by atoms with van der Waals surface area (Å²) in [6.45, 7) is 0. The number of alkyl halides is 2. The summed E-state index contributed by atoms with van der Waals surface area (Å²) in [5.41, 5.74) is 7.43. The predicted octanol–water partition coefficient (Wildman–Crippen LogP) is 1.80. The first-order valence-corrected chi connectivity index (χ1v) is 6.00. The molecule has 9 heteroatoms. The van der Waals surface area contributed by atoms with Gasteiger partial charge in [0, 0.05) is 28.0 Å². The van der Waals surface area contributed by atoms with Crippen LogP contribution in [0, 0.1) is 0 Å². The molecule has 0 bridgehead atoms. The van der Waals surface area contributed by atoms with Crippen LogP contribution < -0.4 is 5.73 Å². The van der Waals surface area contributed by atoms with Crippen molar-refractivity contribution in [3.05, 3.63) is 36.0 Å². The number of carbonyl (C=O) groups is 2. The monoisotopic (exact) mass is 318 g/mol. The van der Waals surface area contributed by atoms with Gasteiger partial charge in [0.2, 0.25) is 0 Å². The van der Waals surface area contributed by atoms with E-state index in [1.54, 1.807) is 0 Å². The van der Waals surface area contributed by atoms with Crippen molar-refractivity contribution < 1.29 is 32.9 Å². The highest BCUT2D eigenvalue weighted by Crippen LogP contribution is 2.18. The first kappa shape index (κ1) is 17.5. The number of fused-ring (bicyclic) bond motifs is 1. The SMILES string of the molecule is N[C@@H](Cc1c[nH]c2ccccc12)C(=O)O.O=C(OF)C(F)F. The molecule has 1 aromatic heterocycles. The molecule has 0 saturated heterocycles. The van der Waals surface area contributed by atoms with Crippen molar-refractivity contribution in [2.75, 3.05) is 0 Å². The molecule has 0 amide bonds. The molecule has 0 unspecified atom stereocenters. The summed E-state index contributed by atoms with van der Waals surface area (Å²) in [6, 6.07) is 6.91. The highest BCUT2D eigenvalue weighted by Gasteiger charge is 2.17. The van der Waals surface area contributed by atoms with Crippen LogP contribution in [0.4, 0.5) is 13.3 Å². The van der Waals surface area contributed by atoms with E-state index < -0.39 is 24.4 Å². The lowest BCUT2D eigenvalue weighted by Gasteiger charge is -2.04. The summed E-state index contributed by atoms with van der Waals surface area (Å²) in [5.74, 6) is -3.12. The number of para-hydroxylation sites is 1. The molecular formula is C13H13F3N2O4. The molecule has 0 fully saturated rings. The number of carbonyl (C=O) groups excluding carboxylic acids is 1. The third kappa shape index (κ3) is 4.77. The van der Waals surface area contributed by atoms with Crippen molar-refractivity contribution in [2.45, 2.75) is 18.9 Å². The number of aliphatic carboxylic acids is 1. The number of rotatable bonds is 4.